The molecule has 0 heterocycles. The van der Waals surface area contributed by atoms with Crippen LogP contribution in [-0.4, -0.2) is 62.2 Å². The Balaban J connectivity index is 2.70. The van der Waals surface area contributed by atoms with Gasteiger partial charge in [0.1, 0.15) is 0 Å². The molecule has 150 valence electrons. The van der Waals surface area contributed by atoms with Crippen molar-refractivity contribution in [3.05, 3.63) is 35.9 Å². The van der Waals surface area contributed by atoms with Gasteiger partial charge < -0.3 is 10.2 Å². The van der Waals surface area contributed by atoms with Crippen LogP contribution in [0.3, 0.4) is 0 Å². The summed E-state index contributed by atoms with van der Waals surface area (Å²) in [6, 6.07) is 6.33. The van der Waals surface area contributed by atoms with Crippen LogP contribution in [0.1, 0.15) is 33.3 Å². The fraction of sp³-hybridized carbons (Fsp3) is 0.474. The molecule has 1 rings (SSSR count). The molecule has 8 heteroatoms. The van der Waals surface area contributed by atoms with Crippen molar-refractivity contribution in [3.8, 4) is 0 Å². The molecular formula is C19H29N3O4S. The lowest BCUT2D eigenvalue weighted by Gasteiger charge is -2.18. The predicted octanol–water partition coefficient (Wildman–Crippen LogP) is 1.71. The van der Waals surface area contributed by atoms with Gasteiger partial charge in [0, 0.05) is 32.3 Å². The zero-order valence-corrected chi connectivity index (χ0v) is 17.3. The number of likely N-dealkylation sites (N-methyl/N-ethyl adjacent to an activating group) is 1. The summed E-state index contributed by atoms with van der Waals surface area (Å²) in [6.07, 6.45) is 2.90. The summed E-state index contributed by atoms with van der Waals surface area (Å²) in [4.78, 5) is 25.5. The van der Waals surface area contributed by atoms with Gasteiger partial charge >= 0.3 is 0 Å². The number of sulfonamides is 1. The van der Waals surface area contributed by atoms with Gasteiger partial charge in [-0.15, -0.1) is 0 Å². The Hall–Kier alpha value is -2.19. The monoisotopic (exact) mass is 395 g/mol. The Morgan fingerprint density at radius 1 is 0.963 bits per heavy atom. The molecule has 0 radical (unpaired) electrons. The molecule has 1 aromatic carbocycles. The van der Waals surface area contributed by atoms with Crippen molar-refractivity contribution in [3.63, 3.8) is 0 Å². The fourth-order valence-corrected chi connectivity index (χ4v) is 4.00. The van der Waals surface area contributed by atoms with Gasteiger partial charge in [0.05, 0.1) is 11.4 Å². The summed E-state index contributed by atoms with van der Waals surface area (Å²) in [5.74, 6) is -0.511. The molecule has 0 atom stereocenters. The average molecular weight is 396 g/mol. The first kappa shape index (κ1) is 22.9. The lowest BCUT2D eigenvalue weighted by Crippen LogP contribution is -2.39. The molecule has 1 N–H and O–H groups in total. The predicted molar refractivity (Wildman–Crippen MR) is 107 cm³/mol. The van der Waals surface area contributed by atoms with E-state index in [9.17, 15) is 18.0 Å². The summed E-state index contributed by atoms with van der Waals surface area (Å²) < 4.78 is 26.3. The van der Waals surface area contributed by atoms with Crippen molar-refractivity contribution in [1.82, 2.24) is 14.5 Å². The molecule has 0 bridgehead atoms. The first-order valence-corrected chi connectivity index (χ1v) is 10.6. The van der Waals surface area contributed by atoms with Crippen LogP contribution in [0.4, 0.5) is 0 Å². The molecule has 0 unspecified atom stereocenters. The molecule has 27 heavy (non-hydrogen) atoms. The summed E-state index contributed by atoms with van der Waals surface area (Å²) in [5.41, 5.74) is 0.693. The van der Waals surface area contributed by atoms with Gasteiger partial charge in [-0.05, 0) is 37.6 Å². The lowest BCUT2D eigenvalue weighted by atomic mass is 10.2. The summed E-state index contributed by atoms with van der Waals surface area (Å²) in [6.45, 7) is 9.32. The molecule has 1 aromatic rings. The lowest BCUT2D eigenvalue weighted by molar-refractivity contribution is -0.131. The van der Waals surface area contributed by atoms with Gasteiger partial charge in [0.2, 0.25) is 21.8 Å². The number of nitrogens with zero attached hydrogens (tertiary/aromatic N) is 2. The van der Waals surface area contributed by atoms with Crippen molar-refractivity contribution in [2.75, 3.05) is 32.7 Å². The van der Waals surface area contributed by atoms with E-state index in [1.54, 1.807) is 37.0 Å². The Morgan fingerprint density at radius 2 is 1.52 bits per heavy atom. The molecule has 0 saturated heterocycles. The second-order valence-corrected chi connectivity index (χ2v) is 7.71. The van der Waals surface area contributed by atoms with Gasteiger partial charge in [-0.3, -0.25) is 9.59 Å². The number of rotatable bonds is 10. The van der Waals surface area contributed by atoms with E-state index in [4.69, 9.17) is 0 Å². The zero-order valence-electron chi connectivity index (χ0n) is 16.4. The van der Waals surface area contributed by atoms with E-state index < -0.39 is 10.0 Å². The fourth-order valence-electron chi connectivity index (χ4n) is 2.55. The Labute approximate surface area is 162 Å². The molecule has 0 aliphatic carbocycles. The van der Waals surface area contributed by atoms with Crippen LogP contribution in [0, 0.1) is 0 Å². The number of benzene rings is 1. The maximum Gasteiger partial charge on any atom is 0.244 e. The number of amides is 2. The number of carbonyl (C=O) groups excluding carboxylic acids is 2. The third-order valence-corrected chi connectivity index (χ3v) is 6.24. The van der Waals surface area contributed by atoms with E-state index in [0.717, 1.165) is 0 Å². The Morgan fingerprint density at radius 3 is 2.00 bits per heavy atom. The van der Waals surface area contributed by atoms with Crippen LogP contribution in [0.5, 0.6) is 0 Å². The van der Waals surface area contributed by atoms with E-state index in [1.807, 2.05) is 13.8 Å². The molecule has 0 aromatic heterocycles. The number of nitrogens with one attached hydrogen (secondary N) is 1. The second-order valence-electron chi connectivity index (χ2n) is 5.78. The van der Waals surface area contributed by atoms with Crippen molar-refractivity contribution in [2.24, 2.45) is 0 Å². The number of hydrogen-bond donors (Lipinski definition) is 1. The van der Waals surface area contributed by atoms with Crippen LogP contribution >= 0.6 is 0 Å². The van der Waals surface area contributed by atoms with Gasteiger partial charge in [0.15, 0.2) is 0 Å². The average Bonchev–Trinajstić information content (AvgIpc) is 2.66. The van der Waals surface area contributed by atoms with Crippen molar-refractivity contribution in [2.45, 2.75) is 32.6 Å². The minimum absolute atomic E-state index is 0.0497. The van der Waals surface area contributed by atoms with Crippen molar-refractivity contribution in [1.29, 1.82) is 0 Å². The highest BCUT2D eigenvalue weighted by molar-refractivity contribution is 7.89. The molecule has 0 aliphatic heterocycles. The smallest absolute Gasteiger partial charge is 0.244 e. The quantitative estimate of drug-likeness (QED) is 0.611. The Bertz CT molecular complexity index is 750. The van der Waals surface area contributed by atoms with Crippen LogP contribution in [0.25, 0.3) is 6.08 Å². The maximum atomic E-state index is 12.4. The highest BCUT2D eigenvalue weighted by Gasteiger charge is 2.20. The minimum Gasteiger partial charge on any atom is -0.343 e. The van der Waals surface area contributed by atoms with Crippen LogP contribution in [0.2, 0.25) is 0 Å². The largest absolute Gasteiger partial charge is 0.343 e. The van der Waals surface area contributed by atoms with Gasteiger partial charge in [-0.1, -0.05) is 26.0 Å². The van der Waals surface area contributed by atoms with Gasteiger partial charge in [-0.25, -0.2) is 8.42 Å². The van der Waals surface area contributed by atoms with E-state index in [-0.39, 0.29) is 23.3 Å². The number of carbonyl (C=O) groups is 2. The topological polar surface area (TPSA) is 86.8 Å². The molecule has 0 aliphatic rings. The van der Waals surface area contributed by atoms with Crippen LogP contribution < -0.4 is 5.32 Å². The standard InChI is InChI=1S/C19H29N3O4S/c1-5-21(6-2)19(24)15-20-18(23)14-11-16-9-12-17(13-10-16)27(25,26)22(7-3)8-4/h9-14H,5-8,15H2,1-4H3,(H,20,23)/b14-11+. The molecule has 7 nitrogen and oxygen atoms in total. The first-order chi connectivity index (χ1) is 12.8. The molecule has 0 spiro atoms. The minimum atomic E-state index is -3.49. The van der Waals surface area contributed by atoms with E-state index in [2.05, 4.69) is 5.32 Å². The van der Waals surface area contributed by atoms with Gasteiger partial charge in [-0.2, -0.15) is 4.31 Å². The highest BCUT2D eigenvalue weighted by atomic mass is 32.2. The van der Waals surface area contributed by atoms with E-state index in [0.29, 0.717) is 31.7 Å². The summed E-state index contributed by atoms with van der Waals surface area (Å²) >= 11 is 0. The normalized spacial score (nSPS) is 11.7. The molecule has 2 amide bonds. The third kappa shape index (κ3) is 6.48. The molecule has 0 saturated carbocycles. The van der Waals surface area contributed by atoms with Crippen molar-refractivity contribution < 1.29 is 18.0 Å². The number of hydrogen-bond acceptors (Lipinski definition) is 4. The summed E-state index contributed by atoms with van der Waals surface area (Å²) in [7, 11) is -3.49. The SMILES string of the molecule is CCN(CC)C(=O)CNC(=O)/C=C/c1ccc(S(=O)(=O)N(CC)CC)cc1. The van der Waals surface area contributed by atoms with Crippen molar-refractivity contribution >= 4 is 27.9 Å². The van der Waals surface area contributed by atoms with E-state index >= 15 is 0 Å². The first-order valence-electron chi connectivity index (χ1n) is 9.13. The zero-order chi connectivity index (χ0) is 20.4. The highest BCUT2D eigenvalue weighted by Crippen LogP contribution is 2.16. The molecule has 0 fully saturated rings. The Kier molecular flexibility index (Phi) is 9.17. The van der Waals surface area contributed by atoms with Gasteiger partial charge in [0.25, 0.3) is 0 Å². The maximum absolute atomic E-state index is 12.4. The van der Waals surface area contributed by atoms with Crippen LogP contribution in [-0.2, 0) is 19.6 Å². The third-order valence-electron chi connectivity index (χ3n) is 4.18. The summed E-state index contributed by atoms with van der Waals surface area (Å²) in [5, 5.41) is 2.55. The van der Waals surface area contributed by atoms with E-state index in [1.165, 1.54) is 22.5 Å². The van der Waals surface area contributed by atoms with Crippen LogP contribution in [0.15, 0.2) is 35.2 Å². The molecular weight excluding hydrogens is 366 g/mol. The second kappa shape index (κ2) is 10.8.